The summed E-state index contributed by atoms with van der Waals surface area (Å²) in [4.78, 5) is 12.6. The molecule has 0 radical (unpaired) electrons. The van der Waals surface area contributed by atoms with Crippen LogP contribution in [0.1, 0.15) is 48.9 Å². The number of carbonyl (C=O) groups excluding carboxylic acids is 1. The Labute approximate surface area is 150 Å². The highest BCUT2D eigenvalue weighted by atomic mass is 32.2. The maximum atomic E-state index is 12.9. The van der Waals surface area contributed by atoms with Crippen molar-refractivity contribution in [2.45, 2.75) is 55.5 Å². The van der Waals surface area contributed by atoms with Gasteiger partial charge in [-0.3, -0.25) is 4.79 Å². The largest absolute Gasteiger partial charge is 0.348 e. The Hall–Kier alpha value is -1.44. The minimum Gasteiger partial charge on any atom is -0.348 e. The first-order chi connectivity index (χ1) is 12.0. The van der Waals surface area contributed by atoms with E-state index in [0.29, 0.717) is 5.56 Å². The van der Waals surface area contributed by atoms with Crippen molar-refractivity contribution in [3.63, 3.8) is 0 Å². The number of hydrogen-bond acceptors (Lipinski definition) is 4. The Morgan fingerprint density at radius 3 is 2.64 bits per heavy atom. The maximum Gasteiger partial charge on any atom is 0.251 e. The summed E-state index contributed by atoms with van der Waals surface area (Å²) in [6.07, 6.45) is 6.03. The van der Waals surface area contributed by atoms with Crippen LogP contribution in [0.5, 0.6) is 0 Å². The van der Waals surface area contributed by atoms with Crippen LogP contribution < -0.4 is 10.6 Å². The molecule has 1 aliphatic carbocycles. The molecule has 1 heterocycles. The number of nitrogens with one attached hydrogen (secondary N) is 2. The SMILES string of the molecule is CN(C1CCCCC1)S(=O)(=O)c1cccc(C(=O)NC2CCNC2)c1. The second-order valence-electron chi connectivity index (χ2n) is 7.00. The fourth-order valence-corrected chi connectivity index (χ4v) is 5.11. The molecule has 1 saturated heterocycles. The molecule has 6 nitrogen and oxygen atoms in total. The summed E-state index contributed by atoms with van der Waals surface area (Å²) in [6, 6.07) is 6.54. The number of rotatable bonds is 5. The zero-order valence-corrected chi connectivity index (χ0v) is 15.5. The summed E-state index contributed by atoms with van der Waals surface area (Å²) < 4.78 is 27.4. The number of carbonyl (C=O) groups is 1. The standard InChI is InChI=1S/C18H27N3O3S/c1-21(16-7-3-2-4-8-16)25(23,24)17-9-5-6-14(12-17)18(22)20-15-10-11-19-13-15/h5-6,9,12,15-16,19H,2-4,7-8,10-11,13H2,1H3,(H,20,22). The van der Waals surface area contributed by atoms with Gasteiger partial charge in [0.1, 0.15) is 0 Å². The molecule has 1 unspecified atom stereocenters. The Bertz CT molecular complexity index is 708. The van der Waals surface area contributed by atoms with Gasteiger partial charge in [-0.1, -0.05) is 25.3 Å². The predicted octanol–water partition coefficient (Wildman–Crippen LogP) is 1.73. The smallest absolute Gasteiger partial charge is 0.251 e. The molecule has 1 aliphatic heterocycles. The van der Waals surface area contributed by atoms with Gasteiger partial charge < -0.3 is 10.6 Å². The summed E-state index contributed by atoms with van der Waals surface area (Å²) in [5.41, 5.74) is 0.394. The molecular formula is C18H27N3O3S. The molecule has 1 aromatic carbocycles. The highest BCUT2D eigenvalue weighted by Crippen LogP contribution is 2.26. The number of hydrogen-bond donors (Lipinski definition) is 2. The van der Waals surface area contributed by atoms with Gasteiger partial charge in [-0.2, -0.15) is 4.31 Å². The second-order valence-corrected chi connectivity index (χ2v) is 9.00. The Kier molecular flexibility index (Phi) is 5.76. The average Bonchev–Trinajstić information content (AvgIpc) is 3.15. The van der Waals surface area contributed by atoms with Gasteiger partial charge >= 0.3 is 0 Å². The van der Waals surface area contributed by atoms with Crippen molar-refractivity contribution in [3.8, 4) is 0 Å². The Morgan fingerprint density at radius 1 is 1.20 bits per heavy atom. The minimum absolute atomic E-state index is 0.0563. The fourth-order valence-electron chi connectivity index (χ4n) is 3.65. The third-order valence-electron chi connectivity index (χ3n) is 5.26. The van der Waals surface area contributed by atoms with E-state index in [9.17, 15) is 13.2 Å². The van der Waals surface area contributed by atoms with E-state index >= 15 is 0 Å². The lowest BCUT2D eigenvalue weighted by Gasteiger charge is -2.30. The van der Waals surface area contributed by atoms with Crippen molar-refractivity contribution < 1.29 is 13.2 Å². The van der Waals surface area contributed by atoms with Crippen LogP contribution in [-0.2, 0) is 10.0 Å². The van der Waals surface area contributed by atoms with E-state index in [4.69, 9.17) is 0 Å². The number of benzene rings is 1. The van der Waals surface area contributed by atoms with Gasteiger partial charge in [0, 0.05) is 31.2 Å². The summed E-state index contributed by atoms with van der Waals surface area (Å²) in [5, 5.41) is 6.16. The fraction of sp³-hybridized carbons (Fsp3) is 0.611. The molecule has 2 fully saturated rings. The first kappa shape index (κ1) is 18.4. The molecule has 1 aromatic rings. The normalized spacial score (nSPS) is 22.2. The number of sulfonamides is 1. The molecule has 7 heteroatoms. The van der Waals surface area contributed by atoms with Crippen LogP contribution in [0, 0.1) is 0 Å². The molecule has 1 atom stereocenters. The molecule has 1 saturated carbocycles. The van der Waals surface area contributed by atoms with Crippen LogP contribution in [0.25, 0.3) is 0 Å². The maximum absolute atomic E-state index is 12.9. The van der Waals surface area contributed by atoms with E-state index < -0.39 is 10.0 Å². The van der Waals surface area contributed by atoms with Gasteiger partial charge in [0.2, 0.25) is 10.0 Å². The topological polar surface area (TPSA) is 78.5 Å². The van der Waals surface area contributed by atoms with Crippen LogP contribution in [0.4, 0.5) is 0 Å². The van der Waals surface area contributed by atoms with Crippen LogP contribution in [0.2, 0.25) is 0 Å². The Morgan fingerprint density at radius 2 is 1.96 bits per heavy atom. The van der Waals surface area contributed by atoms with Crippen LogP contribution in [-0.4, -0.2) is 50.9 Å². The van der Waals surface area contributed by atoms with Crippen LogP contribution in [0.3, 0.4) is 0 Å². The molecule has 1 amide bonds. The first-order valence-electron chi connectivity index (χ1n) is 9.08. The molecule has 2 N–H and O–H groups in total. The van der Waals surface area contributed by atoms with E-state index in [2.05, 4.69) is 10.6 Å². The van der Waals surface area contributed by atoms with Crippen LogP contribution >= 0.6 is 0 Å². The highest BCUT2D eigenvalue weighted by Gasteiger charge is 2.29. The zero-order chi connectivity index (χ0) is 17.9. The first-order valence-corrected chi connectivity index (χ1v) is 10.5. The van der Waals surface area contributed by atoms with Crippen LogP contribution in [0.15, 0.2) is 29.2 Å². The quantitative estimate of drug-likeness (QED) is 0.833. The van der Waals surface area contributed by atoms with E-state index in [1.54, 1.807) is 25.2 Å². The van der Waals surface area contributed by atoms with E-state index in [1.165, 1.54) is 16.8 Å². The van der Waals surface area contributed by atoms with E-state index in [-0.39, 0.29) is 22.9 Å². The van der Waals surface area contributed by atoms with Gasteiger partial charge in [-0.05, 0) is 44.0 Å². The van der Waals surface area contributed by atoms with Gasteiger partial charge in [0.05, 0.1) is 4.90 Å². The predicted molar refractivity (Wildman–Crippen MR) is 97.0 cm³/mol. The lowest BCUT2D eigenvalue weighted by atomic mass is 9.96. The lowest BCUT2D eigenvalue weighted by Crippen LogP contribution is -2.38. The number of nitrogens with zero attached hydrogens (tertiary/aromatic N) is 1. The van der Waals surface area contributed by atoms with Crippen molar-refractivity contribution in [2.75, 3.05) is 20.1 Å². The summed E-state index contributed by atoms with van der Waals surface area (Å²) >= 11 is 0. The summed E-state index contributed by atoms with van der Waals surface area (Å²) in [6.45, 7) is 1.65. The van der Waals surface area contributed by atoms with Gasteiger partial charge in [-0.25, -0.2) is 8.42 Å². The van der Waals surface area contributed by atoms with Crippen molar-refractivity contribution >= 4 is 15.9 Å². The summed E-state index contributed by atoms with van der Waals surface area (Å²) in [5.74, 6) is -0.217. The second kappa shape index (κ2) is 7.85. The number of amides is 1. The summed E-state index contributed by atoms with van der Waals surface area (Å²) in [7, 11) is -1.93. The molecule has 0 aromatic heterocycles. The molecule has 2 aliphatic rings. The lowest BCUT2D eigenvalue weighted by molar-refractivity contribution is 0.0940. The molecule has 0 bridgehead atoms. The van der Waals surface area contributed by atoms with Gasteiger partial charge in [-0.15, -0.1) is 0 Å². The molecule has 0 spiro atoms. The van der Waals surface area contributed by atoms with E-state index in [1.807, 2.05) is 0 Å². The monoisotopic (exact) mass is 365 g/mol. The third-order valence-corrected chi connectivity index (χ3v) is 7.16. The third kappa shape index (κ3) is 4.22. The zero-order valence-electron chi connectivity index (χ0n) is 14.7. The highest BCUT2D eigenvalue weighted by molar-refractivity contribution is 7.89. The van der Waals surface area contributed by atoms with Crippen molar-refractivity contribution in [1.29, 1.82) is 0 Å². The minimum atomic E-state index is -3.58. The molecule has 25 heavy (non-hydrogen) atoms. The molecular weight excluding hydrogens is 338 g/mol. The average molecular weight is 365 g/mol. The van der Waals surface area contributed by atoms with E-state index in [0.717, 1.165) is 45.2 Å². The Balaban J connectivity index is 1.75. The molecule has 3 rings (SSSR count). The van der Waals surface area contributed by atoms with Gasteiger partial charge in [0.15, 0.2) is 0 Å². The molecule has 138 valence electrons. The van der Waals surface area contributed by atoms with Crippen molar-refractivity contribution in [2.24, 2.45) is 0 Å². The van der Waals surface area contributed by atoms with Crippen molar-refractivity contribution in [3.05, 3.63) is 29.8 Å². The van der Waals surface area contributed by atoms with Gasteiger partial charge in [0.25, 0.3) is 5.91 Å². The van der Waals surface area contributed by atoms with Crippen molar-refractivity contribution in [1.82, 2.24) is 14.9 Å².